The number of carbonyl (C=O) groups is 1. The van der Waals surface area contributed by atoms with Gasteiger partial charge in [-0.25, -0.2) is 4.79 Å². The van der Waals surface area contributed by atoms with Gasteiger partial charge in [-0.3, -0.25) is 0 Å². The number of hydrogen-bond donors (Lipinski definition) is 2. The summed E-state index contributed by atoms with van der Waals surface area (Å²) in [6, 6.07) is 5.81. The Morgan fingerprint density at radius 1 is 1.12 bits per heavy atom. The van der Waals surface area contributed by atoms with E-state index in [1.807, 2.05) is 25.9 Å². The third kappa shape index (κ3) is 8.67. The van der Waals surface area contributed by atoms with Crippen LogP contribution in [0.5, 0.6) is 5.75 Å². The van der Waals surface area contributed by atoms with Crippen molar-refractivity contribution < 1.29 is 18.3 Å². The molecular weight excluding hydrogens is 328 g/mol. The first-order valence-corrected chi connectivity index (χ1v) is 8.44. The normalized spacial score (nSPS) is 13.8. The Bertz CT molecular complexity index is 512. The molecule has 0 aliphatic heterocycles. The minimum absolute atomic E-state index is 0.0593. The van der Waals surface area contributed by atoms with E-state index in [9.17, 15) is 13.6 Å². The Morgan fingerprint density at radius 2 is 1.72 bits per heavy atom. The first-order valence-electron chi connectivity index (χ1n) is 8.44. The zero-order chi connectivity index (χ0) is 19.0. The van der Waals surface area contributed by atoms with Crippen molar-refractivity contribution in [2.75, 3.05) is 20.6 Å². The molecule has 2 atom stereocenters. The zero-order valence-electron chi connectivity index (χ0n) is 15.6. The van der Waals surface area contributed by atoms with Gasteiger partial charge in [-0.05, 0) is 51.1 Å². The van der Waals surface area contributed by atoms with Gasteiger partial charge in [-0.1, -0.05) is 26.0 Å². The molecule has 0 spiro atoms. The van der Waals surface area contributed by atoms with Crippen molar-refractivity contribution in [1.82, 2.24) is 15.5 Å². The van der Waals surface area contributed by atoms with Crippen molar-refractivity contribution in [3.63, 3.8) is 0 Å². The van der Waals surface area contributed by atoms with Gasteiger partial charge in [-0.2, -0.15) is 8.78 Å². The average Bonchev–Trinajstić information content (AvgIpc) is 2.45. The van der Waals surface area contributed by atoms with E-state index in [0.29, 0.717) is 5.92 Å². The van der Waals surface area contributed by atoms with Crippen molar-refractivity contribution in [3.8, 4) is 5.75 Å². The molecule has 0 aliphatic rings. The highest BCUT2D eigenvalue weighted by Crippen LogP contribution is 2.19. The molecule has 0 heterocycles. The molecule has 1 aromatic carbocycles. The smallest absolute Gasteiger partial charge is 0.387 e. The number of nitrogens with one attached hydrogen (secondary N) is 2. The Morgan fingerprint density at radius 3 is 2.20 bits per heavy atom. The molecule has 0 aromatic heterocycles. The third-order valence-electron chi connectivity index (χ3n) is 3.63. The van der Waals surface area contributed by atoms with Crippen molar-refractivity contribution >= 4 is 6.03 Å². The van der Waals surface area contributed by atoms with Crippen molar-refractivity contribution in [3.05, 3.63) is 29.8 Å². The summed E-state index contributed by atoms with van der Waals surface area (Å²) in [4.78, 5) is 14.3. The molecule has 0 fully saturated rings. The number of ether oxygens (including phenoxy) is 1. The van der Waals surface area contributed by atoms with Crippen LogP contribution in [0.4, 0.5) is 13.6 Å². The average molecular weight is 357 g/mol. The summed E-state index contributed by atoms with van der Waals surface area (Å²) in [5, 5.41) is 5.88. The van der Waals surface area contributed by atoms with E-state index in [0.717, 1.165) is 18.5 Å². The molecule has 0 saturated carbocycles. The van der Waals surface area contributed by atoms with E-state index in [1.165, 1.54) is 12.1 Å². The molecule has 1 aromatic rings. The SMILES string of the molecule is CC(C)CC(CN(C)C)NC(=O)NC(C)c1ccc(OC(F)F)cc1. The molecule has 0 aliphatic carbocycles. The van der Waals surface area contributed by atoms with Crippen LogP contribution in [0.1, 0.15) is 38.8 Å². The van der Waals surface area contributed by atoms with Gasteiger partial charge >= 0.3 is 12.6 Å². The maximum atomic E-state index is 12.2. The first-order chi connectivity index (χ1) is 11.7. The summed E-state index contributed by atoms with van der Waals surface area (Å²) < 4.78 is 28.6. The van der Waals surface area contributed by atoms with Gasteiger partial charge in [0, 0.05) is 12.6 Å². The molecular formula is C18H29F2N3O2. The highest BCUT2D eigenvalue weighted by Gasteiger charge is 2.17. The van der Waals surface area contributed by atoms with Gasteiger partial charge < -0.3 is 20.3 Å². The second-order valence-electron chi connectivity index (χ2n) is 6.88. The highest BCUT2D eigenvalue weighted by molar-refractivity contribution is 5.74. The number of rotatable bonds is 9. The summed E-state index contributed by atoms with van der Waals surface area (Å²) in [6.07, 6.45) is 0.889. The van der Waals surface area contributed by atoms with Gasteiger partial charge in [-0.15, -0.1) is 0 Å². The fraction of sp³-hybridized carbons (Fsp3) is 0.611. The molecule has 0 saturated heterocycles. The summed E-state index contributed by atoms with van der Waals surface area (Å²) in [5.41, 5.74) is 0.810. The minimum atomic E-state index is -2.85. The predicted molar refractivity (Wildman–Crippen MR) is 95.0 cm³/mol. The molecule has 2 N–H and O–H groups in total. The highest BCUT2D eigenvalue weighted by atomic mass is 19.3. The zero-order valence-corrected chi connectivity index (χ0v) is 15.6. The van der Waals surface area contributed by atoms with Crippen LogP contribution < -0.4 is 15.4 Å². The second-order valence-corrected chi connectivity index (χ2v) is 6.88. The standard InChI is InChI=1S/C18H29F2N3O2/c1-12(2)10-15(11-23(4)5)22-18(24)21-13(3)14-6-8-16(9-7-14)25-17(19)20/h6-9,12-13,15,17H,10-11H2,1-5H3,(H2,21,22,24). The molecule has 142 valence electrons. The molecule has 0 bridgehead atoms. The molecule has 2 unspecified atom stereocenters. The number of carbonyl (C=O) groups excluding carboxylic acids is 1. The number of nitrogens with zero attached hydrogens (tertiary/aromatic N) is 1. The van der Waals surface area contributed by atoms with Crippen molar-refractivity contribution in [1.29, 1.82) is 0 Å². The third-order valence-corrected chi connectivity index (χ3v) is 3.63. The number of amides is 2. The topological polar surface area (TPSA) is 53.6 Å². The van der Waals surface area contributed by atoms with E-state index >= 15 is 0 Å². The van der Waals surface area contributed by atoms with E-state index in [1.54, 1.807) is 12.1 Å². The molecule has 25 heavy (non-hydrogen) atoms. The van der Waals surface area contributed by atoms with Crippen LogP contribution in [-0.4, -0.2) is 44.2 Å². The monoisotopic (exact) mass is 357 g/mol. The molecule has 5 nitrogen and oxygen atoms in total. The summed E-state index contributed by atoms with van der Waals surface area (Å²) in [7, 11) is 3.94. The fourth-order valence-corrected chi connectivity index (χ4v) is 2.63. The van der Waals surface area contributed by atoms with E-state index < -0.39 is 6.61 Å². The van der Waals surface area contributed by atoms with Crippen molar-refractivity contribution in [2.24, 2.45) is 5.92 Å². The Hall–Kier alpha value is -1.89. The first kappa shape index (κ1) is 21.2. The van der Waals surface area contributed by atoms with Crippen LogP contribution in [0.25, 0.3) is 0 Å². The predicted octanol–water partition coefficient (Wildman–Crippen LogP) is 3.62. The van der Waals surface area contributed by atoms with Gasteiger partial charge in [0.1, 0.15) is 5.75 Å². The Balaban J connectivity index is 2.59. The Kier molecular flexibility index (Phi) is 8.61. The van der Waals surface area contributed by atoms with Gasteiger partial charge in [0.15, 0.2) is 0 Å². The lowest BCUT2D eigenvalue weighted by atomic mass is 10.0. The molecule has 0 radical (unpaired) electrons. The lowest BCUT2D eigenvalue weighted by Crippen LogP contribution is -2.47. The van der Waals surface area contributed by atoms with Crippen LogP contribution in [-0.2, 0) is 0 Å². The minimum Gasteiger partial charge on any atom is -0.435 e. The number of benzene rings is 1. The van der Waals surface area contributed by atoms with Gasteiger partial charge in [0.25, 0.3) is 0 Å². The summed E-state index contributed by atoms with van der Waals surface area (Å²) in [5.74, 6) is 0.573. The van der Waals surface area contributed by atoms with Crippen LogP contribution in [0, 0.1) is 5.92 Å². The molecule has 2 amide bonds. The van der Waals surface area contributed by atoms with Gasteiger partial charge in [0.2, 0.25) is 0 Å². The molecule has 1 rings (SSSR count). The number of likely N-dealkylation sites (N-methyl/N-ethyl adjacent to an activating group) is 1. The number of urea groups is 1. The lowest BCUT2D eigenvalue weighted by molar-refractivity contribution is -0.0498. The number of alkyl halides is 2. The quantitative estimate of drug-likeness (QED) is 0.710. The van der Waals surface area contributed by atoms with Crippen LogP contribution in [0.3, 0.4) is 0 Å². The summed E-state index contributed by atoms with van der Waals surface area (Å²) >= 11 is 0. The van der Waals surface area contributed by atoms with E-state index in [4.69, 9.17) is 0 Å². The van der Waals surface area contributed by atoms with Gasteiger partial charge in [0.05, 0.1) is 6.04 Å². The van der Waals surface area contributed by atoms with Crippen molar-refractivity contribution in [2.45, 2.75) is 45.9 Å². The number of hydrogen-bond acceptors (Lipinski definition) is 3. The van der Waals surface area contributed by atoms with Crippen LogP contribution in [0.2, 0.25) is 0 Å². The molecule has 7 heteroatoms. The second kappa shape index (κ2) is 10.2. The largest absolute Gasteiger partial charge is 0.435 e. The maximum Gasteiger partial charge on any atom is 0.387 e. The maximum absolute atomic E-state index is 12.2. The van der Waals surface area contributed by atoms with Crippen LogP contribution >= 0.6 is 0 Å². The van der Waals surface area contributed by atoms with E-state index in [-0.39, 0.29) is 23.9 Å². The fourth-order valence-electron chi connectivity index (χ4n) is 2.63. The lowest BCUT2D eigenvalue weighted by Gasteiger charge is -2.25. The number of halogens is 2. The van der Waals surface area contributed by atoms with Crippen LogP contribution in [0.15, 0.2) is 24.3 Å². The van der Waals surface area contributed by atoms with E-state index in [2.05, 4.69) is 29.2 Å². The summed E-state index contributed by atoms with van der Waals surface area (Å²) in [6.45, 7) is 4.00. The Labute approximate surface area is 148 Å².